The molecule has 2 saturated carbocycles. The molecule has 0 spiro atoms. The second-order valence-corrected chi connectivity index (χ2v) is 24.5. The van der Waals surface area contributed by atoms with Crippen LogP contribution in [0.5, 0.6) is 0 Å². The van der Waals surface area contributed by atoms with Gasteiger partial charge in [-0.2, -0.15) is 0 Å². The Morgan fingerprint density at radius 1 is 0.671 bits per heavy atom. The van der Waals surface area contributed by atoms with E-state index in [1.165, 1.54) is 18.1 Å². The number of carboxylic acids is 1. The summed E-state index contributed by atoms with van der Waals surface area (Å²) in [5.74, 6) is -0.716. The Morgan fingerprint density at radius 3 is 1.91 bits per heavy atom. The van der Waals surface area contributed by atoms with Crippen LogP contribution in [0.4, 0.5) is 0 Å². The monoisotopic (exact) mass is 1090 g/mol. The van der Waals surface area contributed by atoms with Gasteiger partial charge in [0.1, 0.15) is 85.4 Å². The normalized spacial score (nSPS) is 47.7. The van der Waals surface area contributed by atoms with Gasteiger partial charge >= 0.3 is 5.97 Å². The van der Waals surface area contributed by atoms with Gasteiger partial charge in [0, 0.05) is 6.92 Å². The lowest BCUT2D eigenvalue weighted by Gasteiger charge is -2.62. The van der Waals surface area contributed by atoms with Crippen molar-refractivity contribution in [3.05, 3.63) is 22.8 Å². The third kappa shape index (κ3) is 10.6. The van der Waals surface area contributed by atoms with Crippen molar-refractivity contribution in [3.8, 4) is 0 Å². The van der Waals surface area contributed by atoms with Crippen LogP contribution in [0, 0.1) is 39.4 Å². The number of carbonyl (C=O) groups excluding carboxylic acids is 1. The van der Waals surface area contributed by atoms with E-state index >= 15 is 0 Å². The molecule has 0 aromatic carbocycles. The van der Waals surface area contributed by atoms with E-state index in [1.54, 1.807) is 0 Å². The summed E-state index contributed by atoms with van der Waals surface area (Å²) in [7, 11) is 0. The summed E-state index contributed by atoms with van der Waals surface area (Å²) in [6.45, 7) is 13.9. The standard InChI is InChI=1S/C54H87NO21/c1-24(2)10-9-11-25(3)27-15-19-54(50(67)68)29-12-13-34-51(5,6)35(16-17-52(34,7)28(29)14-18-53(27,54)8)73-49-45(76-46-36(55-26(4)58)39(63)37(61)32(20-56)71-46)44(31(60)23-70-49)75-47-42(66)43(30(59)22-69-47)74-48-41(65)40(64)38(62)33(21-57)72-48/h10,25,27,30-49,56-57,59-66H,9,11-23H2,1-8H3,(H,55,58)(H,67,68). The number of carbonyl (C=O) groups is 2. The summed E-state index contributed by atoms with van der Waals surface area (Å²) in [5.41, 5.74) is 1.30. The number of ether oxygens (including phenoxy) is 8. The lowest BCUT2D eigenvalue weighted by molar-refractivity contribution is -0.384. The number of aliphatic hydroxyl groups excluding tert-OH is 10. The first-order valence-corrected chi connectivity index (χ1v) is 27.5. The van der Waals surface area contributed by atoms with E-state index in [0.29, 0.717) is 38.0 Å². The van der Waals surface area contributed by atoms with Crippen LogP contribution in [-0.2, 0) is 47.5 Å². The minimum Gasteiger partial charge on any atom is -0.481 e. The molecule has 22 heteroatoms. The van der Waals surface area contributed by atoms with Crippen LogP contribution in [0.2, 0.25) is 0 Å². The number of rotatable bonds is 16. The minimum atomic E-state index is -1.91. The molecular weight excluding hydrogens is 999 g/mol. The molecule has 12 N–H and O–H groups in total. The van der Waals surface area contributed by atoms with Gasteiger partial charge in [-0.05, 0) is 112 Å². The number of aliphatic carboxylic acids is 1. The molecule has 4 aliphatic heterocycles. The van der Waals surface area contributed by atoms with E-state index in [0.717, 1.165) is 37.7 Å². The van der Waals surface area contributed by atoms with E-state index < -0.39 is 171 Å². The summed E-state index contributed by atoms with van der Waals surface area (Å²) < 4.78 is 49.3. The van der Waals surface area contributed by atoms with E-state index in [2.05, 4.69) is 59.9 Å². The van der Waals surface area contributed by atoms with Gasteiger partial charge in [0.05, 0.1) is 37.9 Å². The first-order valence-electron chi connectivity index (χ1n) is 27.5. The molecule has 8 rings (SSSR count). The summed E-state index contributed by atoms with van der Waals surface area (Å²) >= 11 is 0. The number of hydrogen-bond acceptors (Lipinski definition) is 20. The number of nitrogens with one attached hydrogen (secondary N) is 1. The summed E-state index contributed by atoms with van der Waals surface area (Å²) in [6, 6.07) is -1.46. The summed E-state index contributed by atoms with van der Waals surface area (Å²) in [4.78, 5) is 26.5. The maximum Gasteiger partial charge on any atom is 0.314 e. The second kappa shape index (κ2) is 23.3. The summed E-state index contributed by atoms with van der Waals surface area (Å²) in [6.07, 6.45) is -18.8. The molecule has 4 aliphatic carbocycles. The molecule has 0 aromatic rings. The zero-order valence-electron chi connectivity index (χ0n) is 45.2. The third-order valence-electron chi connectivity index (χ3n) is 19.5. The number of amides is 1. The number of allylic oxidation sites excluding steroid dienone is 3. The maximum absolute atomic E-state index is 14.0. The highest BCUT2D eigenvalue weighted by Crippen LogP contribution is 2.73. The van der Waals surface area contributed by atoms with Crippen LogP contribution in [-0.4, -0.2) is 211 Å². The molecule has 4 saturated heterocycles. The van der Waals surface area contributed by atoms with Crippen LogP contribution >= 0.6 is 0 Å². The van der Waals surface area contributed by atoms with Crippen molar-refractivity contribution in [3.63, 3.8) is 0 Å². The molecule has 4 heterocycles. The lowest BCUT2D eigenvalue weighted by Crippen LogP contribution is -2.68. The Balaban J connectivity index is 1.07. The van der Waals surface area contributed by atoms with Gasteiger partial charge in [0.15, 0.2) is 25.2 Å². The summed E-state index contributed by atoms with van der Waals surface area (Å²) in [5, 5.41) is 122. The zero-order chi connectivity index (χ0) is 55.6. The molecule has 0 bridgehead atoms. The highest BCUT2D eigenvalue weighted by Gasteiger charge is 2.69. The van der Waals surface area contributed by atoms with Crippen molar-refractivity contribution in [1.82, 2.24) is 5.32 Å². The molecule has 76 heavy (non-hydrogen) atoms. The average molecular weight is 1090 g/mol. The molecule has 1 amide bonds. The second-order valence-electron chi connectivity index (χ2n) is 24.5. The van der Waals surface area contributed by atoms with Crippen molar-refractivity contribution in [2.75, 3.05) is 26.4 Å². The van der Waals surface area contributed by atoms with Gasteiger partial charge in [0.2, 0.25) is 5.91 Å². The molecule has 25 atom stereocenters. The smallest absolute Gasteiger partial charge is 0.314 e. The quantitative estimate of drug-likeness (QED) is 0.0923. The molecule has 22 nitrogen and oxygen atoms in total. The Labute approximate surface area is 444 Å². The number of carboxylic acid groups (broad SMARTS) is 1. The predicted octanol–water partition coefficient (Wildman–Crippen LogP) is 0.263. The van der Waals surface area contributed by atoms with Gasteiger partial charge in [0.25, 0.3) is 0 Å². The zero-order valence-corrected chi connectivity index (χ0v) is 45.2. The largest absolute Gasteiger partial charge is 0.481 e. The van der Waals surface area contributed by atoms with Crippen molar-refractivity contribution in [1.29, 1.82) is 0 Å². The van der Waals surface area contributed by atoms with Crippen LogP contribution in [0.25, 0.3) is 0 Å². The number of aliphatic hydroxyl groups is 10. The van der Waals surface area contributed by atoms with Crippen LogP contribution < -0.4 is 5.32 Å². The van der Waals surface area contributed by atoms with Crippen molar-refractivity contribution in [2.24, 2.45) is 39.4 Å². The van der Waals surface area contributed by atoms with Crippen LogP contribution in [0.3, 0.4) is 0 Å². The van der Waals surface area contributed by atoms with Gasteiger partial charge in [-0.15, -0.1) is 0 Å². The van der Waals surface area contributed by atoms with Gasteiger partial charge in [-0.1, -0.05) is 57.4 Å². The molecule has 0 radical (unpaired) electrons. The fraction of sp³-hybridized carbons (Fsp3) is 0.889. The van der Waals surface area contributed by atoms with E-state index in [9.17, 15) is 65.8 Å². The van der Waals surface area contributed by atoms with Gasteiger partial charge < -0.3 is 99.4 Å². The van der Waals surface area contributed by atoms with Crippen molar-refractivity contribution >= 4 is 11.9 Å². The first kappa shape index (κ1) is 59.8. The molecule has 6 fully saturated rings. The molecule has 8 aliphatic rings. The molecule has 0 aromatic heterocycles. The highest BCUT2D eigenvalue weighted by atomic mass is 16.8. The number of fused-ring (bicyclic) bond motifs is 4. The van der Waals surface area contributed by atoms with Crippen LogP contribution in [0.15, 0.2) is 22.8 Å². The van der Waals surface area contributed by atoms with Crippen LogP contribution in [0.1, 0.15) is 120 Å². The molecule has 25 unspecified atom stereocenters. The maximum atomic E-state index is 14.0. The fourth-order valence-corrected chi connectivity index (χ4v) is 15.4. The van der Waals surface area contributed by atoms with Gasteiger partial charge in [-0.25, -0.2) is 0 Å². The first-order chi connectivity index (χ1) is 35.8. The number of hydrogen-bond donors (Lipinski definition) is 12. The Hall–Kier alpha value is -2.30. The van der Waals surface area contributed by atoms with E-state index in [-0.39, 0.29) is 17.3 Å². The molecular formula is C54H87NO21. The van der Waals surface area contributed by atoms with Crippen molar-refractivity contribution in [2.45, 2.75) is 236 Å². The average Bonchev–Trinajstić information content (AvgIpc) is 3.69. The Bertz CT molecular complexity index is 2100. The fourth-order valence-electron chi connectivity index (χ4n) is 15.4. The van der Waals surface area contributed by atoms with E-state index in [1.807, 2.05) is 0 Å². The topological polar surface area (TPSA) is 343 Å². The predicted molar refractivity (Wildman–Crippen MR) is 265 cm³/mol. The van der Waals surface area contributed by atoms with E-state index in [4.69, 9.17) is 37.9 Å². The Kier molecular flexibility index (Phi) is 18.3. The third-order valence-corrected chi connectivity index (χ3v) is 19.5. The highest BCUT2D eigenvalue weighted by molar-refractivity contribution is 5.82. The Morgan fingerprint density at radius 2 is 1.28 bits per heavy atom. The minimum absolute atomic E-state index is 0.0131. The van der Waals surface area contributed by atoms with Crippen molar-refractivity contribution < 1.29 is 104 Å². The lowest BCUT2D eigenvalue weighted by atomic mass is 9.43. The SMILES string of the molecule is CC(=O)NC1C(OC2C(OC3CCC4(C)C5=C(CCC4C3(C)C)C3(C(=O)O)CCC(C(C)CCC=C(C)C)C3(C)CC5)OCC(O)C2OC2OCC(O)C(OC3OC(CO)C(O)C(O)C3O)C2O)OC(CO)C(O)C1O. The molecule has 434 valence electrons. The van der Waals surface area contributed by atoms with Gasteiger partial charge in [-0.3, -0.25) is 9.59 Å².